The first-order chi connectivity index (χ1) is 11.3. The Morgan fingerprint density at radius 3 is 2.52 bits per heavy atom. The van der Waals surface area contributed by atoms with E-state index in [-0.39, 0.29) is 11.9 Å². The van der Waals surface area contributed by atoms with Crippen LogP contribution in [0.3, 0.4) is 0 Å². The highest BCUT2D eigenvalue weighted by atomic mass is 16.5. The number of benzene rings is 1. The van der Waals surface area contributed by atoms with Crippen molar-refractivity contribution in [3.8, 4) is 11.1 Å². The van der Waals surface area contributed by atoms with Crippen molar-refractivity contribution in [2.24, 2.45) is 5.92 Å². The van der Waals surface area contributed by atoms with Crippen LogP contribution in [-0.2, 0) is 9.53 Å². The van der Waals surface area contributed by atoms with Crippen LogP contribution in [0.25, 0.3) is 11.1 Å². The quantitative estimate of drug-likeness (QED) is 0.759. The molecule has 1 fully saturated rings. The van der Waals surface area contributed by atoms with Crippen molar-refractivity contribution >= 4 is 5.97 Å². The van der Waals surface area contributed by atoms with E-state index in [0.29, 0.717) is 5.92 Å². The summed E-state index contributed by atoms with van der Waals surface area (Å²) in [6, 6.07) is 12.2. The highest BCUT2D eigenvalue weighted by Gasteiger charge is 2.27. The molecule has 0 N–H and O–H groups in total. The fourth-order valence-electron chi connectivity index (χ4n) is 3.53. The number of hydrogen-bond acceptors (Lipinski definition) is 3. The van der Waals surface area contributed by atoms with E-state index >= 15 is 0 Å². The van der Waals surface area contributed by atoms with Gasteiger partial charge in [-0.25, -0.2) is 0 Å². The van der Waals surface area contributed by atoms with Crippen LogP contribution in [0.15, 0.2) is 48.8 Å². The molecule has 0 aliphatic heterocycles. The first-order valence-corrected chi connectivity index (χ1v) is 8.36. The summed E-state index contributed by atoms with van der Waals surface area (Å²) in [5, 5.41) is 0. The molecule has 0 radical (unpaired) electrons. The zero-order valence-corrected chi connectivity index (χ0v) is 13.6. The molecule has 1 atom stereocenters. The van der Waals surface area contributed by atoms with Crippen molar-refractivity contribution in [1.29, 1.82) is 0 Å². The number of carbonyl (C=O) groups excluding carboxylic acids is 1. The molecular formula is C20H23NO2. The van der Waals surface area contributed by atoms with Gasteiger partial charge in [-0.3, -0.25) is 9.78 Å². The maximum Gasteiger partial charge on any atom is 0.313 e. The SMILES string of the molecule is COC(=O)C(CC1CCCC1)c1ccc(-c2cccnc2)cc1. The lowest BCUT2D eigenvalue weighted by Crippen LogP contribution is -2.17. The second-order valence-corrected chi connectivity index (χ2v) is 6.33. The predicted molar refractivity (Wildman–Crippen MR) is 91.0 cm³/mol. The molecule has 23 heavy (non-hydrogen) atoms. The average Bonchev–Trinajstić information content (AvgIpc) is 3.13. The molecule has 0 spiro atoms. The van der Waals surface area contributed by atoms with E-state index in [1.165, 1.54) is 32.8 Å². The number of pyridine rings is 1. The number of esters is 1. The molecule has 3 heteroatoms. The van der Waals surface area contributed by atoms with E-state index in [9.17, 15) is 4.79 Å². The summed E-state index contributed by atoms with van der Waals surface area (Å²) in [7, 11) is 1.48. The first-order valence-electron chi connectivity index (χ1n) is 8.36. The third-order valence-electron chi connectivity index (χ3n) is 4.84. The maximum atomic E-state index is 12.2. The van der Waals surface area contributed by atoms with Crippen LogP contribution in [0.2, 0.25) is 0 Å². The Labute approximate surface area is 137 Å². The molecule has 1 aromatic heterocycles. The molecule has 2 aromatic rings. The second kappa shape index (κ2) is 7.40. The summed E-state index contributed by atoms with van der Waals surface area (Å²) in [4.78, 5) is 16.4. The molecule has 1 heterocycles. The molecule has 0 saturated heterocycles. The number of aromatic nitrogens is 1. The van der Waals surface area contributed by atoms with Crippen molar-refractivity contribution < 1.29 is 9.53 Å². The van der Waals surface area contributed by atoms with Gasteiger partial charge < -0.3 is 4.74 Å². The Hall–Kier alpha value is -2.16. The number of ether oxygens (including phenoxy) is 1. The van der Waals surface area contributed by atoms with Gasteiger partial charge in [-0.2, -0.15) is 0 Å². The van der Waals surface area contributed by atoms with Crippen molar-refractivity contribution in [2.45, 2.75) is 38.0 Å². The molecule has 1 aliphatic rings. The van der Waals surface area contributed by atoms with E-state index in [2.05, 4.69) is 29.2 Å². The molecule has 1 aromatic carbocycles. The molecule has 1 saturated carbocycles. The third kappa shape index (κ3) is 3.79. The summed E-state index contributed by atoms with van der Waals surface area (Å²) in [6.07, 6.45) is 9.58. The third-order valence-corrected chi connectivity index (χ3v) is 4.84. The standard InChI is InChI=1S/C20H23NO2/c1-23-20(22)19(13-15-5-2-3-6-15)17-10-8-16(9-11-17)18-7-4-12-21-14-18/h4,7-12,14-15,19H,2-3,5-6,13H2,1H3. The topological polar surface area (TPSA) is 39.2 Å². The van der Waals surface area contributed by atoms with Gasteiger partial charge in [0.25, 0.3) is 0 Å². The monoisotopic (exact) mass is 309 g/mol. The van der Waals surface area contributed by atoms with Crippen molar-refractivity contribution in [2.75, 3.05) is 7.11 Å². The van der Waals surface area contributed by atoms with Crippen LogP contribution in [0.4, 0.5) is 0 Å². The average molecular weight is 309 g/mol. The largest absolute Gasteiger partial charge is 0.469 e. The van der Waals surface area contributed by atoms with Crippen LogP contribution in [-0.4, -0.2) is 18.1 Å². The summed E-state index contributed by atoms with van der Waals surface area (Å²) in [6.45, 7) is 0. The number of carbonyl (C=O) groups is 1. The van der Waals surface area contributed by atoms with Crippen LogP contribution < -0.4 is 0 Å². The van der Waals surface area contributed by atoms with E-state index < -0.39 is 0 Å². The minimum atomic E-state index is -0.147. The summed E-state index contributed by atoms with van der Waals surface area (Å²) in [5.74, 6) is 0.383. The fraction of sp³-hybridized carbons (Fsp3) is 0.400. The zero-order valence-electron chi connectivity index (χ0n) is 13.6. The molecule has 1 unspecified atom stereocenters. The Bertz CT molecular complexity index is 630. The first kappa shape index (κ1) is 15.7. The van der Waals surface area contributed by atoms with Gasteiger partial charge in [-0.05, 0) is 35.1 Å². The van der Waals surface area contributed by atoms with Gasteiger partial charge in [-0.15, -0.1) is 0 Å². The fourth-order valence-corrected chi connectivity index (χ4v) is 3.53. The Morgan fingerprint density at radius 1 is 1.17 bits per heavy atom. The Morgan fingerprint density at radius 2 is 1.91 bits per heavy atom. The number of rotatable bonds is 5. The van der Waals surface area contributed by atoms with Gasteiger partial charge in [0.15, 0.2) is 0 Å². The van der Waals surface area contributed by atoms with Crippen molar-refractivity contribution in [3.05, 3.63) is 54.4 Å². The van der Waals surface area contributed by atoms with Gasteiger partial charge in [0.1, 0.15) is 0 Å². The molecule has 0 bridgehead atoms. The van der Waals surface area contributed by atoms with Crippen molar-refractivity contribution in [3.63, 3.8) is 0 Å². The highest BCUT2D eigenvalue weighted by molar-refractivity contribution is 5.78. The predicted octanol–water partition coefficient (Wildman–Crippen LogP) is 4.59. The smallest absolute Gasteiger partial charge is 0.313 e. The van der Waals surface area contributed by atoms with E-state index in [1.54, 1.807) is 6.20 Å². The van der Waals surface area contributed by atoms with E-state index in [1.807, 2.05) is 18.3 Å². The summed E-state index contributed by atoms with van der Waals surface area (Å²) >= 11 is 0. The highest BCUT2D eigenvalue weighted by Crippen LogP contribution is 2.35. The van der Waals surface area contributed by atoms with Crippen LogP contribution in [0, 0.1) is 5.92 Å². The minimum absolute atomic E-state index is 0.119. The van der Waals surface area contributed by atoms with E-state index in [4.69, 9.17) is 4.74 Å². The lowest BCUT2D eigenvalue weighted by molar-refractivity contribution is -0.142. The Kier molecular flexibility index (Phi) is 5.06. The van der Waals surface area contributed by atoms with Gasteiger partial charge in [0.05, 0.1) is 13.0 Å². The van der Waals surface area contributed by atoms with Gasteiger partial charge in [0, 0.05) is 12.4 Å². The minimum Gasteiger partial charge on any atom is -0.469 e. The second-order valence-electron chi connectivity index (χ2n) is 6.33. The molecule has 3 nitrogen and oxygen atoms in total. The molecule has 120 valence electrons. The van der Waals surface area contributed by atoms with Crippen LogP contribution in [0.1, 0.15) is 43.6 Å². The number of hydrogen-bond donors (Lipinski definition) is 0. The van der Waals surface area contributed by atoms with Gasteiger partial charge >= 0.3 is 5.97 Å². The van der Waals surface area contributed by atoms with Crippen LogP contribution >= 0.6 is 0 Å². The molecule has 0 amide bonds. The van der Waals surface area contributed by atoms with E-state index in [0.717, 1.165) is 23.1 Å². The zero-order chi connectivity index (χ0) is 16.1. The Balaban J connectivity index is 1.80. The normalized spacial score (nSPS) is 16.2. The van der Waals surface area contributed by atoms with Crippen LogP contribution in [0.5, 0.6) is 0 Å². The van der Waals surface area contributed by atoms with Gasteiger partial charge in [0.2, 0.25) is 0 Å². The molecule has 1 aliphatic carbocycles. The van der Waals surface area contributed by atoms with Gasteiger partial charge in [-0.1, -0.05) is 56.0 Å². The summed E-state index contributed by atoms with van der Waals surface area (Å²) < 4.78 is 5.04. The number of methoxy groups -OCH3 is 1. The number of nitrogens with zero attached hydrogens (tertiary/aromatic N) is 1. The lowest BCUT2D eigenvalue weighted by atomic mass is 9.87. The molecule has 3 rings (SSSR count). The summed E-state index contributed by atoms with van der Waals surface area (Å²) in [5.41, 5.74) is 3.26. The lowest BCUT2D eigenvalue weighted by Gasteiger charge is -2.19. The maximum absolute atomic E-state index is 12.2. The molecular weight excluding hydrogens is 286 g/mol. The van der Waals surface area contributed by atoms with Crippen molar-refractivity contribution in [1.82, 2.24) is 4.98 Å².